The SMILES string of the molecule is O=C(COc1ccc(Br)cc1)NN=Cc1cc(Br)ccc1OC(=O)c1ccc(Cl)cc1. The van der Waals surface area contributed by atoms with Gasteiger partial charge < -0.3 is 9.47 Å². The number of nitrogens with one attached hydrogen (secondary N) is 1. The molecule has 0 unspecified atom stereocenters. The lowest BCUT2D eigenvalue weighted by Crippen LogP contribution is -2.24. The lowest BCUT2D eigenvalue weighted by Gasteiger charge is -2.08. The van der Waals surface area contributed by atoms with Crippen LogP contribution in [0.5, 0.6) is 11.5 Å². The fraction of sp³-hybridized carbons (Fsp3) is 0.0455. The van der Waals surface area contributed by atoms with E-state index in [0.29, 0.717) is 21.9 Å². The van der Waals surface area contributed by atoms with Gasteiger partial charge in [0.25, 0.3) is 5.91 Å². The van der Waals surface area contributed by atoms with E-state index in [1.807, 2.05) is 12.1 Å². The molecule has 0 heterocycles. The molecule has 0 saturated heterocycles. The smallest absolute Gasteiger partial charge is 0.343 e. The second-order valence-corrected chi connectivity index (χ2v) is 8.38. The van der Waals surface area contributed by atoms with Crippen LogP contribution in [0.15, 0.2) is 80.8 Å². The number of ether oxygens (including phenoxy) is 2. The van der Waals surface area contributed by atoms with Crippen LogP contribution in [0.1, 0.15) is 15.9 Å². The Morgan fingerprint density at radius 3 is 2.35 bits per heavy atom. The van der Waals surface area contributed by atoms with E-state index in [-0.39, 0.29) is 12.4 Å². The zero-order valence-corrected chi connectivity index (χ0v) is 19.8. The van der Waals surface area contributed by atoms with Crippen LogP contribution in [0.3, 0.4) is 0 Å². The molecule has 0 saturated carbocycles. The molecule has 9 heteroatoms. The second kappa shape index (κ2) is 11.1. The van der Waals surface area contributed by atoms with Crippen molar-refractivity contribution < 1.29 is 19.1 Å². The predicted molar refractivity (Wildman–Crippen MR) is 126 cm³/mol. The Balaban J connectivity index is 1.61. The van der Waals surface area contributed by atoms with Gasteiger partial charge in [0.1, 0.15) is 11.5 Å². The number of esters is 1. The van der Waals surface area contributed by atoms with Crippen LogP contribution in [-0.2, 0) is 4.79 Å². The summed E-state index contributed by atoms with van der Waals surface area (Å²) >= 11 is 12.5. The fourth-order valence-corrected chi connectivity index (χ4v) is 3.11. The summed E-state index contributed by atoms with van der Waals surface area (Å²) in [6.07, 6.45) is 1.38. The molecule has 0 radical (unpaired) electrons. The van der Waals surface area contributed by atoms with E-state index < -0.39 is 11.9 Å². The van der Waals surface area contributed by atoms with Crippen molar-refractivity contribution in [2.75, 3.05) is 6.61 Å². The topological polar surface area (TPSA) is 77.0 Å². The molecule has 158 valence electrons. The molecule has 6 nitrogen and oxygen atoms in total. The summed E-state index contributed by atoms with van der Waals surface area (Å²) in [5.74, 6) is -0.132. The highest BCUT2D eigenvalue weighted by atomic mass is 79.9. The third kappa shape index (κ3) is 7.20. The van der Waals surface area contributed by atoms with E-state index in [1.54, 1.807) is 54.6 Å². The molecule has 3 aromatic carbocycles. The van der Waals surface area contributed by atoms with Gasteiger partial charge in [0.05, 0.1) is 11.8 Å². The first kappa shape index (κ1) is 23.0. The van der Waals surface area contributed by atoms with Crippen molar-refractivity contribution in [3.05, 3.63) is 91.8 Å². The number of hydrazone groups is 1. The summed E-state index contributed by atoms with van der Waals surface area (Å²) < 4.78 is 12.5. The minimum atomic E-state index is -0.541. The fourth-order valence-electron chi connectivity index (χ4n) is 2.34. The lowest BCUT2D eigenvalue weighted by atomic mass is 10.2. The van der Waals surface area contributed by atoms with Crippen molar-refractivity contribution in [1.29, 1.82) is 0 Å². The van der Waals surface area contributed by atoms with Crippen LogP contribution in [0, 0.1) is 0 Å². The molecule has 1 N–H and O–H groups in total. The second-order valence-electron chi connectivity index (χ2n) is 6.11. The number of carbonyl (C=O) groups is 2. The maximum Gasteiger partial charge on any atom is 0.343 e. The molecule has 0 aliphatic rings. The average molecular weight is 567 g/mol. The number of hydrogen-bond donors (Lipinski definition) is 1. The number of amides is 1. The predicted octanol–water partition coefficient (Wildman–Crippen LogP) is 5.61. The number of halogens is 3. The van der Waals surface area contributed by atoms with Crippen LogP contribution in [0.25, 0.3) is 0 Å². The highest BCUT2D eigenvalue weighted by Gasteiger charge is 2.12. The Labute approximate surface area is 200 Å². The van der Waals surface area contributed by atoms with E-state index >= 15 is 0 Å². The summed E-state index contributed by atoms with van der Waals surface area (Å²) in [5.41, 5.74) is 3.22. The Kier molecular flexibility index (Phi) is 8.22. The molecule has 0 atom stereocenters. The van der Waals surface area contributed by atoms with Crippen molar-refractivity contribution in [3.63, 3.8) is 0 Å². The van der Waals surface area contributed by atoms with Crippen molar-refractivity contribution in [2.24, 2.45) is 5.10 Å². The highest BCUT2D eigenvalue weighted by molar-refractivity contribution is 9.10. The Bertz CT molecular complexity index is 1100. The van der Waals surface area contributed by atoms with E-state index in [0.717, 1.165) is 8.95 Å². The van der Waals surface area contributed by atoms with Gasteiger partial charge in [0, 0.05) is 19.5 Å². The molecule has 0 fully saturated rings. The number of rotatable bonds is 7. The van der Waals surface area contributed by atoms with E-state index in [9.17, 15) is 9.59 Å². The average Bonchev–Trinajstić information content (AvgIpc) is 2.75. The Morgan fingerprint density at radius 2 is 1.65 bits per heavy atom. The first-order valence-electron chi connectivity index (χ1n) is 8.88. The zero-order chi connectivity index (χ0) is 22.2. The summed E-state index contributed by atoms with van der Waals surface area (Å²) in [4.78, 5) is 24.3. The third-order valence-electron chi connectivity index (χ3n) is 3.83. The first-order valence-corrected chi connectivity index (χ1v) is 10.8. The van der Waals surface area contributed by atoms with Gasteiger partial charge in [-0.05, 0) is 66.7 Å². The maximum absolute atomic E-state index is 12.4. The number of benzene rings is 3. The van der Waals surface area contributed by atoms with E-state index in [1.165, 1.54) is 6.21 Å². The van der Waals surface area contributed by atoms with Crippen LogP contribution < -0.4 is 14.9 Å². The van der Waals surface area contributed by atoms with Crippen LogP contribution in [0.2, 0.25) is 5.02 Å². The van der Waals surface area contributed by atoms with E-state index in [4.69, 9.17) is 21.1 Å². The highest BCUT2D eigenvalue weighted by Crippen LogP contribution is 2.23. The first-order chi connectivity index (χ1) is 14.9. The van der Waals surface area contributed by atoms with Gasteiger partial charge >= 0.3 is 5.97 Å². The van der Waals surface area contributed by atoms with Gasteiger partial charge in [-0.1, -0.05) is 43.5 Å². The molecule has 31 heavy (non-hydrogen) atoms. The van der Waals surface area contributed by atoms with Gasteiger partial charge in [0.15, 0.2) is 6.61 Å². The third-order valence-corrected chi connectivity index (χ3v) is 5.10. The number of carbonyl (C=O) groups excluding carboxylic acids is 2. The van der Waals surface area contributed by atoms with Gasteiger partial charge in [-0.2, -0.15) is 5.10 Å². The van der Waals surface area contributed by atoms with Gasteiger partial charge in [0.2, 0.25) is 0 Å². The van der Waals surface area contributed by atoms with Crippen molar-refractivity contribution >= 4 is 61.6 Å². The zero-order valence-electron chi connectivity index (χ0n) is 15.8. The quantitative estimate of drug-likeness (QED) is 0.175. The molecule has 1 amide bonds. The van der Waals surface area contributed by atoms with Crippen molar-refractivity contribution in [1.82, 2.24) is 5.43 Å². The number of nitrogens with zero attached hydrogens (tertiary/aromatic N) is 1. The normalized spacial score (nSPS) is 10.7. The molecule has 0 spiro atoms. The minimum absolute atomic E-state index is 0.199. The van der Waals surface area contributed by atoms with Crippen LogP contribution in [0.4, 0.5) is 0 Å². The molecule has 3 rings (SSSR count). The molecule has 3 aromatic rings. The molecule has 0 bridgehead atoms. The molecule has 0 aliphatic carbocycles. The van der Waals surface area contributed by atoms with Gasteiger partial charge in [-0.3, -0.25) is 4.79 Å². The van der Waals surface area contributed by atoms with Crippen molar-refractivity contribution in [2.45, 2.75) is 0 Å². The Hall–Kier alpha value is -2.68. The summed E-state index contributed by atoms with van der Waals surface area (Å²) in [6, 6.07) is 18.5. The minimum Gasteiger partial charge on any atom is -0.484 e. The van der Waals surface area contributed by atoms with Crippen molar-refractivity contribution in [3.8, 4) is 11.5 Å². The standard InChI is InChI=1S/C22H15Br2ClN2O4/c23-16-3-8-19(9-4-16)30-13-21(28)27-26-12-15-11-17(24)5-10-20(15)31-22(29)14-1-6-18(25)7-2-14/h1-12H,13H2,(H,27,28). The van der Waals surface area contributed by atoms with Crippen LogP contribution >= 0.6 is 43.5 Å². The van der Waals surface area contributed by atoms with Gasteiger partial charge in [-0.25, -0.2) is 10.2 Å². The molecular formula is C22H15Br2ClN2O4. The molecular weight excluding hydrogens is 552 g/mol. The lowest BCUT2D eigenvalue weighted by molar-refractivity contribution is -0.123. The molecule has 0 aromatic heterocycles. The van der Waals surface area contributed by atoms with Gasteiger partial charge in [-0.15, -0.1) is 0 Å². The largest absolute Gasteiger partial charge is 0.484 e. The van der Waals surface area contributed by atoms with E-state index in [2.05, 4.69) is 42.4 Å². The number of hydrogen-bond acceptors (Lipinski definition) is 5. The van der Waals surface area contributed by atoms with Crippen LogP contribution in [-0.4, -0.2) is 24.7 Å². The summed E-state index contributed by atoms with van der Waals surface area (Å²) in [7, 11) is 0. The summed E-state index contributed by atoms with van der Waals surface area (Å²) in [6.45, 7) is -0.199. The molecule has 0 aliphatic heterocycles. The maximum atomic E-state index is 12.4. The summed E-state index contributed by atoms with van der Waals surface area (Å²) in [5, 5.41) is 4.44. The Morgan fingerprint density at radius 1 is 0.968 bits per heavy atom. The monoisotopic (exact) mass is 564 g/mol.